The fourth-order valence-electron chi connectivity index (χ4n) is 11.1. The van der Waals surface area contributed by atoms with Crippen molar-refractivity contribution < 1.29 is 49.3 Å². The highest BCUT2D eigenvalue weighted by Crippen LogP contribution is 2.26. The van der Waals surface area contributed by atoms with Gasteiger partial charge in [0.05, 0.1) is 25.4 Å². The summed E-state index contributed by atoms with van der Waals surface area (Å²) < 4.78 is 17.7. The number of hydrogen-bond acceptors (Lipinski definition) is 10. The number of allylic oxidation sites excluding steroid dienone is 11. The Morgan fingerprint density at radius 1 is 0.453 bits per heavy atom. The maximum atomic E-state index is 13.5. The molecule has 0 aromatic heterocycles. The second-order valence-corrected chi connectivity index (χ2v) is 25.0. The molecular weight excluding hydrogens is 1070 g/mol. The van der Waals surface area contributed by atoms with Gasteiger partial charge in [0.2, 0.25) is 5.91 Å². The van der Waals surface area contributed by atoms with E-state index in [2.05, 4.69) is 86.8 Å². The summed E-state index contributed by atoms with van der Waals surface area (Å²) in [6, 6.07) is -1.03. The van der Waals surface area contributed by atoms with Crippen molar-refractivity contribution in [2.24, 2.45) is 0 Å². The minimum absolute atomic E-state index is 0.115. The van der Waals surface area contributed by atoms with Gasteiger partial charge in [0.1, 0.15) is 24.4 Å². The summed E-state index contributed by atoms with van der Waals surface area (Å²) in [5.41, 5.74) is 0. The van der Waals surface area contributed by atoms with Gasteiger partial charge in [-0.05, 0) is 96.3 Å². The molecule has 0 radical (unpaired) electrons. The average molecular weight is 1210 g/mol. The fraction of sp³-hybridized carbons (Fsp3) is 0.813. The quantitative estimate of drug-likeness (QED) is 0.0195. The molecule has 1 fully saturated rings. The smallest absolute Gasteiger partial charge is 0.306 e. The van der Waals surface area contributed by atoms with Crippen LogP contribution in [-0.4, -0.2) is 99.6 Å². The molecule has 1 heterocycles. The lowest BCUT2D eigenvalue weighted by Crippen LogP contribution is -2.61. The Bertz CT molecular complexity index is 1680. The van der Waals surface area contributed by atoms with E-state index in [1.807, 2.05) is 6.08 Å². The lowest BCUT2D eigenvalue weighted by Gasteiger charge is -2.41. The van der Waals surface area contributed by atoms with Gasteiger partial charge in [-0.25, -0.2) is 0 Å². The molecule has 0 bridgehead atoms. The third-order valence-electron chi connectivity index (χ3n) is 16.8. The van der Waals surface area contributed by atoms with Crippen molar-refractivity contribution in [3.8, 4) is 0 Å². The molecule has 1 amide bonds. The van der Waals surface area contributed by atoms with Gasteiger partial charge in [0.25, 0.3) is 0 Å². The highest BCUT2D eigenvalue weighted by atomic mass is 16.7. The lowest BCUT2D eigenvalue weighted by atomic mass is 9.99. The molecule has 1 aliphatic heterocycles. The molecule has 0 saturated carbocycles. The Hall–Kier alpha value is -2.90. The van der Waals surface area contributed by atoms with Crippen molar-refractivity contribution in [1.82, 2.24) is 5.32 Å². The summed E-state index contributed by atoms with van der Waals surface area (Å²) in [5, 5.41) is 57.3. The molecule has 1 saturated heterocycles. The van der Waals surface area contributed by atoms with Crippen molar-refractivity contribution in [2.45, 2.75) is 378 Å². The van der Waals surface area contributed by atoms with Crippen LogP contribution in [0.1, 0.15) is 329 Å². The Balaban J connectivity index is 2.57. The summed E-state index contributed by atoms with van der Waals surface area (Å²) in [7, 11) is 0. The number of hydrogen-bond donors (Lipinski definition) is 6. The van der Waals surface area contributed by atoms with E-state index in [0.717, 1.165) is 89.9 Å². The summed E-state index contributed by atoms with van der Waals surface area (Å²) in [6.07, 6.45) is 70.8. The number of nitrogens with one attached hydrogen (secondary N) is 1. The number of ether oxygens (including phenoxy) is 3. The van der Waals surface area contributed by atoms with E-state index in [1.54, 1.807) is 6.08 Å². The molecule has 0 aromatic carbocycles. The van der Waals surface area contributed by atoms with Crippen LogP contribution >= 0.6 is 0 Å². The van der Waals surface area contributed by atoms with Gasteiger partial charge in [0, 0.05) is 6.42 Å². The molecule has 0 spiro atoms. The molecular formula is C75H135NO10. The van der Waals surface area contributed by atoms with Crippen LogP contribution in [0.2, 0.25) is 0 Å². The van der Waals surface area contributed by atoms with Gasteiger partial charge in [-0.3, -0.25) is 9.59 Å². The first kappa shape index (κ1) is 81.1. The largest absolute Gasteiger partial charge is 0.454 e. The molecule has 500 valence electrons. The monoisotopic (exact) mass is 1210 g/mol. The van der Waals surface area contributed by atoms with E-state index < -0.39 is 67.4 Å². The maximum Gasteiger partial charge on any atom is 0.306 e. The van der Waals surface area contributed by atoms with Crippen molar-refractivity contribution >= 4 is 11.9 Å². The normalized spacial score (nSPS) is 18.7. The zero-order valence-electron chi connectivity index (χ0n) is 55.7. The minimum Gasteiger partial charge on any atom is -0.454 e. The number of aliphatic hydroxyl groups excluding tert-OH is 5. The molecule has 86 heavy (non-hydrogen) atoms. The Kier molecular flexibility index (Phi) is 58.8. The fourth-order valence-corrected chi connectivity index (χ4v) is 11.1. The van der Waals surface area contributed by atoms with Crippen LogP contribution in [-0.2, 0) is 23.8 Å². The Morgan fingerprint density at radius 3 is 1.23 bits per heavy atom. The van der Waals surface area contributed by atoms with Crippen molar-refractivity contribution in [1.29, 1.82) is 0 Å². The first-order valence-electron chi connectivity index (χ1n) is 36.2. The average Bonchev–Trinajstić information content (AvgIpc) is 3.39. The molecule has 6 N–H and O–H groups in total. The summed E-state index contributed by atoms with van der Waals surface area (Å²) >= 11 is 0. The van der Waals surface area contributed by atoms with Gasteiger partial charge in [-0.2, -0.15) is 0 Å². The molecule has 1 aliphatic rings. The minimum atomic E-state index is -1.62. The van der Waals surface area contributed by atoms with E-state index in [-0.39, 0.29) is 19.4 Å². The van der Waals surface area contributed by atoms with E-state index in [4.69, 9.17) is 14.2 Å². The van der Waals surface area contributed by atoms with Crippen molar-refractivity contribution in [3.63, 3.8) is 0 Å². The molecule has 11 nitrogen and oxygen atoms in total. The first-order valence-corrected chi connectivity index (χ1v) is 36.2. The SMILES string of the molecule is CCCCC/C=C\C/C=C\C/C=C\C/C=C\CCCCCCCCCCCC(=O)OC1C(OCC(NC(=O)C(O)CCCCCCCCCCCC/C=C/CCCCCCCC)C(O)/C=C/CCCCCCCCCCCC)OC(CO)C(O)C1O. The lowest BCUT2D eigenvalue weighted by molar-refractivity contribution is -0.305. The van der Waals surface area contributed by atoms with Crippen LogP contribution < -0.4 is 5.32 Å². The molecule has 0 aliphatic carbocycles. The van der Waals surface area contributed by atoms with Crippen LogP contribution in [0.4, 0.5) is 0 Å². The van der Waals surface area contributed by atoms with Gasteiger partial charge in [0.15, 0.2) is 12.4 Å². The van der Waals surface area contributed by atoms with E-state index >= 15 is 0 Å². The number of amides is 1. The number of aliphatic hydroxyl groups is 5. The first-order chi connectivity index (χ1) is 42.2. The topological polar surface area (TPSA) is 175 Å². The third-order valence-corrected chi connectivity index (χ3v) is 16.8. The van der Waals surface area contributed by atoms with Gasteiger partial charge >= 0.3 is 5.97 Å². The molecule has 8 unspecified atom stereocenters. The van der Waals surface area contributed by atoms with Gasteiger partial charge in [-0.15, -0.1) is 0 Å². The number of carbonyl (C=O) groups excluding carboxylic acids is 2. The van der Waals surface area contributed by atoms with Crippen molar-refractivity contribution in [2.75, 3.05) is 13.2 Å². The standard InChI is InChI=1S/C75H135NO10/c1-4-7-10-13-16-19-22-25-27-29-31-33-34-35-36-37-39-41-43-45-48-51-54-57-60-63-70(80)86-73-72(82)71(81)69(64-77)85-75(73)84-65-66(67(78)61-58-55-52-49-46-24-21-18-15-12-9-6-3)76-74(83)68(79)62-59-56-53-50-47-44-42-40-38-32-30-28-26-23-20-17-14-11-8-5-2/h16,19,25-28,31,33,35-36,58,61,66-69,71-73,75,77-79,81-82H,4-15,17-18,20-24,29-30,32,34,37-57,59-60,62-65H2,1-3H3,(H,76,83)/b19-16-,27-25-,28-26+,33-31-,36-35-,61-58+. The maximum absolute atomic E-state index is 13.5. The predicted octanol–water partition coefficient (Wildman–Crippen LogP) is 18.7. The highest BCUT2D eigenvalue weighted by Gasteiger charge is 2.47. The van der Waals surface area contributed by atoms with E-state index in [1.165, 1.54) is 193 Å². The zero-order chi connectivity index (χ0) is 62.4. The Morgan fingerprint density at radius 2 is 0.802 bits per heavy atom. The van der Waals surface area contributed by atoms with Gasteiger partial charge in [-0.1, -0.05) is 299 Å². The van der Waals surface area contributed by atoms with Crippen LogP contribution in [0.3, 0.4) is 0 Å². The number of carbonyl (C=O) groups is 2. The van der Waals surface area contributed by atoms with Crippen LogP contribution in [0.5, 0.6) is 0 Å². The zero-order valence-corrected chi connectivity index (χ0v) is 55.7. The van der Waals surface area contributed by atoms with Crippen LogP contribution in [0.15, 0.2) is 72.9 Å². The Labute approximate surface area is 528 Å². The molecule has 8 atom stereocenters. The molecule has 11 heteroatoms. The van der Waals surface area contributed by atoms with E-state index in [9.17, 15) is 35.1 Å². The number of unbranched alkanes of at least 4 members (excludes halogenated alkanes) is 38. The predicted molar refractivity (Wildman–Crippen MR) is 361 cm³/mol. The molecule has 0 aromatic rings. The number of esters is 1. The van der Waals surface area contributed by atoms with Crippen LogP contribution in [0.25, 0.3) is 0 Å². The summed E-state index contributed by atoms with van der Waals surface area (Å²) in [4.78, 5) is 26.7. The van der Waals surface area contributed by atoms with Crippen LogP contribution in [0, 0.1) is 0 Å². The van der Waals surface area contributed by atoms with Gasteiger partial charge < -0.3 is 45.1 Å². The highest BCUT2D eigenvalue weighted by molar-refractivity contribution is 5.80. The summed E-state index contributed by atoms with van der Waals surface area (Å²) in [6.45, 7) is 5.79. The number of rotatable bonds is 62. The second kappa shape index (κ2) is 62.3. The second-order valence-electron chi connectivity index (χ2n) is 25.0. The van der Waals surface area contributed by atoms with Crippen molar-refractivity contribution in [3.05, 3.63) is 72.9 Å². The van der Waals surface area contributed by atoms with E-state index in [0.29, 0.717) is 12.8 Å². The molecule has 1 rings (SSSR count). The third kappa shape index (κ3) is 49.0. The summed E-state index contributed by atoms with van der Waals surface area (Å²) in [5.74, 6) is -1.19.